The number of piperidine rings is 1. The van der Waals surface area contributed by atoms with Crippen LogP contribution in [0.2, 0.25) is 0 Å². The van der Waals surface area contributed by atoms with Gasteiger partial charge in [-0.05, 0) is 55.8 Å². The van der Waals surface area contributed by atoms with Gasteiger partial charge in [-0.3, -0.25) is 19.4 Å². The predicted molar refractivity (Wildman–Crippen MR) is 124 cm³/mol. The van der Waals surface area contributed by atoms with Gasteiger partial charge in [0.05, 0.1) is 6.04 Å². The third kappa shape index (κ3) is 4.56. The Bertz CT molecular complexity index is 957. The van der Waals surface area contributed by atoms with E-state index in [4.69, 9.17) is 0 Å². The number of hydrogen-bond donors (Lipinski definition) is 2. The van der Waals surface area contributed by atoms with Gasteiger partial charge in [-0.1, -0.05) is 43.3 Å². The van der Waals surface area contributed by atoms with Gasteiger partial charge in [0, 0.05) is 11.4 Å². The number of imide groups is 1. The van der Waals surface area contributed by atoms with Gasteiger partial charge in [-0.15, -0.1) is 11.3 Å². The molecular formula is C24H30N4O3S. The molecule has 2 fully saturated rings. The van der Waals surface area contributed by atoms with Crippen LogP contribution in [-0.2, 0) is 15.1 Å². The molecule has 4 amide bonds. The van der Waals surface area contributed by atoms with Crippen LogP contribution in [0, 0.1) is 5.92 Å². The second-order valence-corrected chi connectivity index (χ2v) is 9.85. The van der Waals surface area contributed by atoms with Gasteiger partial charge in [-0.25, -0.2) is 4.79 Å². The molecule has 4 rings (SSSR count). The van der Waals surface area contributed by atoms with Crippen molar-refractivity contribution in [3.63, 3.8) is 0 Å². The Morgan fingerprint density at radius 2 is 1.91 bits per heavy atom. The highest BCUT2D eigenvalue weighted by atomic mass is 32.1. The molecule has 0 bridgehead atoms. The second-order valence-electron chi connectivity index (χ2n) is 8.87. The molecule has 0 aliphatic carbocycles. The Morgan fingerprint density at radius 1 is 1.19 bits per heavy atom. The van der Waals surface area contributed by atoms with E-state index >= 15 is 0 Å². The Morgan fingerprint density at radius 3 is 2.56 bits per heavy atom. The van der Waals surface area contributed by atoms with Gasteiger partial charge < -0.3 is 10.6 Å². The highest BCUT2D eigenvalue weighted by Crippen LogP contribution is 2.30. The number of carbonyl (C=O) groups is 3. The number of amides is 4. The molecule has 2 unspecified atom stereocenters. The SMILES string of the molecule is CC1CCN(C(CNC(=O)CN2C(=O)NC(C)(c3ccccc3)C2=O)c2cccs2)CC1. The summed E-state index contributed by atoms with van der Waals surface area (Å²) in [7, 11) is 0. The third-order valence-electron chi connectivity index (χ3n) is 6.55. The maximum absolute atomic E-state index is 13.0. The van der Waals surface area contributed by atoms with E-state index in [2.05, 4.69) is 28.5 Å². The van der Waals surface area contributed by atoms with Crippen LogP contribution in [0.4, 0.5) is 4.79 Å². The molecule has 7 nitrogen and oxygen atoms in total. The highest BCUT2D eigenvalue weighted by Gasteiger charge is 2.49. The molecule has 2 aliphatic heterocycles. The van der Waals surface area contributed by atoms with Crippen LogP contribution in [0.5, 0.6) is 0 Å². The quantitative estimate of drug-likeness (QED) is 0.630. The minimum atomic E-state index is -1.16. The minimum absolute atomic E-state index is 0.101. The monoisotopic (exact) mass is 454 g/mol. The predicted octanol–water partition coefficient (Wildman–Crippen LogP) is 3.10. The van der Waals surface area contributed by atoms with Crippen LogP contribution in [0.15, 0.2) is 47.8 Å². The summed E-state index contributed by atoms with van der Waals surface area (Å²) in [5, 5.41) is 7.76. The molecule has 32 heavy (non-hydrogen) atoms. The van der Waals surface area contributed by atoms with Crippen molar-refractivity contribution < 1.29 is 14.4 Å². The molecule has 0 radical (unpaired) electrons. The Hall–Kier alpha value is -2.71. The maximum atomic E-state index is 13.0. The van der Waals surface area contributed by atoms with Crippen molar-refractivity contribution in [2.24, 2.45) is 5.92 Å². The van der Waals surface area contributed by atoms with E-state index in [9.17, 15) is 14.4 Å². The lowest BCUT2D eigenvalue weighted by Gasteiger charge is -2.36. The summed E-state index contributed by atoms with van der Waals surface area (Å²) in [4.78, 5) is 42.9. The zero-order chi connectivity index (χ0) is 22.7. The standard InChI is InChI=1S/C24H30N4O3S/c1-17-10-12-27(13-11-17)19(20-9-6-14-32-20)15-25-21(29)16-28-22(30)24(2,26-23(28)31)18-7-4-3-5-8-18/h3-9,14,17,19H,10-13,15-16H2,1-2H3,(H,25,29)(H,26,31). The first-order valence-electron chi connectivity index (χ1n) is 11.1. The Labute approximate surface area is 192 Å². The molecular weight excluding hydrogens is 424 g/mol. The molecule has 3 heterocycles. The van der Waals surface area contributed by atoms with Crippen molar-refractivity contribution >= 4 is 29.2 Å². The molecule has 1 aromatic carbocycles. The van der Waals surface area contributed by atoms with Gasteiger partial charge in [-0.2, -0.15) is 0 Å². The van der Waals surface area contributed by atoms with Crippen molar-refractivity contribution in [1.29, 1.82) is 0 Å². The van der Waals surface area contributed by atoms with E-state index in [1.807, 2.05) is 29.6 Å². The van der Waals surface area contributed by atoms with E-state index in [0.29, 0.717) is 12.1 Å². The molecule has 8 heteroatoms. The van der Waals surface area contributed by atoms with Crippen LogP contribution in [0.1, 0.15) is 43.2 Å². The summed E-state index contributed by atoms with van der Waals surface area (Å²) in [5.41, 5.74) is -0.471. The van der Waals surface area contributed by atoms with E-state index in [0.717, 1.165) is 36.7 Å². The largest absolute Gasteiger partial charge is 0.353 e. The van der Waals surface area contributed by atoms with Crippen molar-refractivity contribution in [2.45, 2.75) is 38.3 Å². The number of nitrogens with zero attached hydrogens (tertiary/aromatic N) is 2. The van der Waals surface area contributed by atoms with E-state index in [-0.39, 0.29) is 18.5 Å². The Balaban J connectivity index is 1.39. The molecule has 1 aromatic heterocycles. The first kappa shape index (κ1) is 22.5. The lowest BCUT2D eigenvalue weighted by atomic mass is 9.92. The van der Waals surface area contributed by atoms with Gasteiger partial charge in [0.1, 0.15) is 12.1 Å². The summed E-state index contributed by atoms with van der Waals surface area (Å²) < 4.78 is 0. The lowest BCUT2D eigenvalue weighted by molar-refractivity contribution is -0.134. The molecule has 170 valence electrons. The maximum Gasteiger partial charge on any atom is 0.325 e. The number of likely N-dealkylation sites (tertiary alicyclic amines) is 1. The smallest absolute Gasteiger partial charge is 0.325 e. The van der Waals surface area contributed by atoms with Gasteiger partial charge in [0.2, 0.25) is 5.91 Å². The lowest BCUT2D eigenvalue weighted by Crippen LogP contribution is -2.46. The zero-order valence-corrected chi connectivity index (χ0v) is 19.4. The summed E-state index contributed by atoms with van der Waals surface area (Å²) >= 11 is 1.69. The van der Waals surface area contributed by atoms with Crippen molar-refractivity contribution in [1.82, 2.24) is 20.4 Å². The first-order valence-corrected chi connectivity index (χ1v) is 12.0. The van der Waals surface area contributed by atoms with Gasteiger partial charge >= 0.3 is 6.03 Å². The fourth-order valence-electron chi connectivity index (χ4n) is 4.45. The number of rotatable bonds is 7. The highest BCUT2D eigenvalue weighted by molar-refractivity contribution is 7.10. The number of hydrogen-bond acceptors (Lipinski definition) is 5. The van der Waals surface area contributed by atoms with Gasteiger partial charge in [0.15, 0.2) is 0 Å². The summed E-state index contributed by atoms with van der Waals surface area (Å²) in [5.74, 6) is -0.0233. The minimum Gasteiger partial charge on any atom is -0.353 e. The van der Waals surface area contributed by atoms with Gasteiger partial charge in [0.25, 0.3) is 5.91 Å². The molecule has 0 spiro atoms. The van der Waals surface area contributed by atoms with Crippen LogP contribution in [-0.4, -0.2) is 53.8 Å². The normalized spacial score (nSPS) is 23.2. The average Bonchev–Trinajstić information content (AvgIpc) is 3.39. The van der Waals surface area contributed by atoms with Crippen molar-refractivity contribution in [2.75, 3.05) is 26.2 Å². The summed E-state index contributed by atoms with van der Waals surface area (Å²) in [6, 6.07) is 12.8. The fourth-order valence-corrected chi connectivity index (χ4v) is 5.31. The molecule has 2 saturated heterocycles. The number of benzene rings is 1. The van der Waals surface area contributed by atoms with Crippen LogP contribution >= 0.6 is 11.3 Å². The van der Waals surface area contributed by atoms with Crippen molar-refractivity contribution in [3.05, 3.63) is 58.3 Å². The topological polar surface area (TPSA) is 81.8 Å². The number of nitrogens with one attached hydrogen (secondary N) is 2. The fraction of sp³-hybridized carbons (Fsp3) is 0.458. The van der Waals surface area contributed by atoms with Crippen molar-refractivity contribution in [3.8, 4) is 0 Å². The van der Waals surface area contributed by atoms with Crippen LogP contribution in [0.3, 0.4) is 0 Å². The zero-order valence-electron chi connectivity index (χ0n) is 18.5. The number of urea groups is 1. The second kappa shape index (κ2) is 9.42. The molecule has 0 saturated carbocycles. The van der Waals surface area contributed by atoms with Crippen LogP contribution in [0.25, 0.3) is 0 Å². The molecule has 2 aliphatic rings. The Kier molecular flexibility index (Phi) is 6.62. The number of thiophene rings is 1. The van der Waals surface area contributed by atoms with E-state index in [1.54, 1.807) is 30.4 Å². The van der Waals surface area contributed by atoms with Crippen LogP contribution < -0.4 is 10.6 Å². The molecule has 2 aromatic rings. The molecule has 2 N–H and O–H groups in total. The third-order valence-corrected chi connectivity index (χ3v) is 7.52. The van der Waals surface area contributed by atoms with E-state index < -0.39 is 17.5 Å². The van der Waals surface area contributed by atoms with E-state index in [1.165, 1.54) is 4.88 Å². The number of carbonyl (C=O) groups excluding carboxylic acids is 3. The average molecular weight is 455 g/mol. The first-order chi connectivity index (χ1) is 15.4. The summed E-state index contributed by atoms with van der Waals surface area (Å²) in [6.45, 7) is 6.12. The molecule has 2 atom stereocenters. The summed E-state index contributed by atoms with van der Waals surface area (Å²) in [6.07, 6.45) is 2.30.